The third-order valence-electron chi connectivity index (χ3n) is 7.11. The number of nitrogens with one attached hydrogen (secondary N) is 1. The molecule has 3 fully saturated rings. The number of amides is 2. The van der Waals surface area contributed by atoms with Gasteiger partial charge >= 0.3 is 5.97 Å². The van der Waals surface area contributed by atoms with Crippen LogP contribution in [0.1, 0.15) is 49.4 Å². The number of hydrogen-bond donors (Lipinski definition) is 2. The number of carbonyl (C=O) groups is 3. The lowest BCUT2D eigenvalue weighted by atomic mass is 9.75. The molecule has 31 heavy (non-hydrogen) atoms. The van der Waals surface area contributed by atoms with E-state index in [1.807, 2.05) is 6.07 Å². The first-order valence-corrected chi connectivity index (χ1v) is 10.9. The standard InChI is InChI=1S/C24H25N3O4/c28-21-18-19(22(29)27(21)16-11-5-2-6-12-16)24(23(30)31,15-9-3-1-4-10-15)26-20(18)17-13-7-8-14-25-17/h1,3-4,7-10,13-14,16,18-20,26H,2,5-6,11-12H2,(H,30,31). The van der Waals surface area contributed by atoms with Crippen LogP contribution < -0.4 is 5.32 Å². The maximum atomic E-state index is 13.7. The Kier molecular flexibility index (Phi) is 4.85. The lowest BCUT2D eigenvalue weighted by Crippen LogP contribution is -2.54. The van der Waals surface area contributed by atoms with Gasteiger partial charge in [-0.15, -0.1) is 0 Å². The molecule has 5 rings (SSSR count). The van der Waals surface area contributed by atoms with Gasteiger partial charge in [0.05, 0.1) is 23.6 Å². The Labute approximate surface area is 180 Å². The number of hydrogen-bond acceptors (Lipinski definition) is 5. The van der Waals surface area contributed by atoms with E-state index < -0.39 is 29.4 Å². The van der Waals surface area contributed by atoms with Gasteiger partial charge in [-0.1, -0.05) is 55.7 Å². The molecule has 3 aliphatic rings. The van der Waals surface area contributed by atoms with Gasteiger partial charge in [-0.25, -0.2) is 4.79 Å². The summed E-state index contributed by atoms with van der Waals surface area (Å²) < 4.78 is 0. The molecule has 0 bridgehead atoms. The van der Waals surface area contributed by atoms with Crippen molar-refractivity contribution in [1.29, 1.82) is 0 Å². The first kappa shape index (κ1) is 19.9. The molecule has 2 aliphatic heterocycles. The normalized spacial score (nSPS) is 31.1. The highest BCUT2D eigenvalue weighted by Crippen LogP contribution is 2.53. The van der Waals surface area contributed by atoms with Crippen molar-refractivity contribution in [3.05, 3.63) is 66.0 Å². The summed E-state index contributed by atoms with van der Waals surface area (Å²) >= 11 is 0. The zero-order valence-electron chi connectivity index (χ0n) is 17.1. The minimum Gasteiger partial charge on any atom is -0.480 e. The smallest absolute Gasteiger partial charge is 0.329 e. The van der Waals surface area contributed by atoms with Crippen molar-refractivity contribution < 1.29 is 19.5 Å². The third kappa shape index (κ3) is 2.91. The van der Waals surface area contributed by atoms with Crippen molar-refractivity contribution in [2.75, 3.05) is 0 Å². The summed E-state index contributed by atoms with van der Waals surface area (Å²) in [5, 5.41) is 13.7. The van der Waals surface area contributed by atoms with Gasteiger partial charge in [-0.2, -0.15) is 0 Å². The Bertz CT molecular complexity index is 1010. The molecule has 0 radical (unpaired) electrons. The SMILES string of the molecule is O=C1C2C(c3ccccn3)NC(C(=O)O)(c3ccccc3)C2C(=O)N1C1CCCCC1. The van der Waals surface area contributed by atoms with Gasteiger partial charge in [-0.3, -0.25) is 24.8 Å². The first-order valence-electron chi connectivity index (χ1n) is 10.9. The Morgan fingerprint density at radius 1 is 1.00 bits per heavy atom. The van der Waals surface area contributed by atoms with Crippen LogP contribution in [0.3, 0.4) is 0 Å². The number of carboxylic acid groups (broad SMARTS) is 1. The van der Waals surface area contributed by atoms with Gasteiger partial charge in [0.25, 0.3) is 0 Å². The number of imide groups is 1. The molecule has 1 aromatic carbocycles. The maximum Gasteiger partial charge on any atom is 0.329 e. The van der Waals surface area contributed by atoms with E-state index in [2.05, 4.69) is 10.3 Å². The zero-order valence-corrected chi connectivity index (χ0v) is 17.1. The molecule has 7 heteroatoms. The topological polar surface area (TPSA) is 99.6 Å². The largest absolute Gasteiger partial charge is 0.480 e. The molecule has 7 nitrogen and oxygen atoms in total. The van der Waals surface area contributed by atoms with Crippen molar-refractivity contribution in [3.63, 3.8) is 0 Å². The number of pyridine rings is 1. The van der Waals surface area contributed by atoms with Crippen LogP contribution in [-0.4, -0.2) is 38.8 Å². The van der Waals surface area contributed by atoms with E-state index in [1.54, 1.807) is 48.7 Å². The molecular weight excluding hydrogens is 394 g/mol. The molecule has 4 unspecified atom stereocenters. The summed E-state index contributed by atoms with van der Waals surface area (Å²) in [6, 6.07) is 13.3. The monoisotopic (exact) mass is 419 g/mol. The molecule has 4 atom stereocenters. The quantitative estimate of drug-likeness (QED) is 0.739. The second-order valence-electron chi connectivity index (χ2n) is 8.70. The molecule has 1 aromatic heterocycles. The Hall–Kier alpha value is -3.06. The highest BCUT2D eigenvalue weighted by molar-refractivity contribution is 6.09. The Balaban J connectivity index is 1.66. The Morgan fingerprint density at radius 3 is 2.35 bits per heavy atom. The summed E-state index contributed by atoms with van der Waals surface area (Å²) in [6.45, 7) is 0. The van der Waals surface area contributed by atoms with E-state index >= 15 is 0 Å². The number of rotatable bonds is 4. The van der Waals surface area contributed by atoms with Gasteiger partial charge < -0.3 is 5.11 Å². The number of carboxylic acids is 1. The van der Waals surface area contributed by atoms with Crippen LogP contribution in [0.2, 0.25) is 0 Å². The van der Waals surface area contributed by atoms with Crippen molar-refractivity contribution in [3.8, 4) is 0 Å². The van der Waals surface area contributed by atoms with Crippen LogP contribution >= 0.6 is 0 Å². The zero-order chi connectivity index (χ0) is 21.6. The van der Waals surface area contributed by atoms with Gasteiger partial charge in [0.15, 0.2) is 5.54 Å². The van der Waals surface area contributed by atoms with Crippen molar-refractivity contribution >= 4 is 17.8 Å². The van der Waals surface area contributed by atoms with E-state index in [4.69, 9.17) is 0 Å². The highest BCUT2D eigenvalue weighted by atomic mass is 16.4. The van der Waals surface area contributed by atoms with Crippen LogP contribution in [0.4, 0.5) is 0 Å². The molecule has 1 aliphatic carbocycles. The Morgan fingerprint density at radius 2 is 1.71 bits per heavy atom. The fourth-order valence-electron chi connectivity index (χ4n) is 5.73. The fraction of sp³-hybridized carbons (Fsp3) is 0.417. The lowest BCUT2D eigenvalue weighted by Gasteiger charge is -2.34. The van der Waals surface area contributed by atoms with Crippen LogP contribution in [0, 0.1) is 11.8 Å². The number of aromatic nitrogens is 1. The lowest BCUT2D eigenvalue weighted by molar-refractivity contribution is -0.153. The van der Waals surface area contributed by atoms with Crippen molar-refractivity contribution in [2.45, 2.75) is 49.7 Å². The van der Waals surface area contributed by atoms with Gasteiger partial charge in [0.2, 0.25) is 11.8 Å². The summed E-state index contributed by atoms with van der Waals surface area (Å²) in [7, 11) is 0. The van der Waals surface area contributed by atoms with Crippen LogP contribution in [0.15, 0.2) is 54.7 Å². The second kappa shape index (κ2) is 7.57. The van der Waals surface area contributed by atoms with E-state index in [1.165, 1.54) is 4.90 Å². The van der Waals surface area contributed by atoms with Gasteiger partial charge in [-0.05, 0) is 30.5 Å². The third-order valence-corrected chi connectivity index (χ3v) is 7.11. The first-order chi connectivity index (χ1) is 15.1. The molecule has 2 saturated heterocycles. The number of nitrogens with zero attached hydrogens (tertiary/aromatic N) is 2. The fourth-order valence-corrected chi connectivity index (χ4v) is 5.73. The van der Waals surface area contributed by atoms with E-state index in [9.17, 15) is 19.5 Å². The summed E-state index contributed by atoms with van der Waals surface area (Å²) in [5.41, 5.74) is -0.643. The van der Waals surface area contributed by atoms with Crippen LogP contribution in [-0.2, 0) is 19.9 Å². The minimum absolute atomic E-state index is 0.147. The van der Waals surface area contributed by atoms with Gasteiger partial charge in [0.1, 0.15) is 0 Å². The number of likely N-dealkylation sites (tertiary alicyclic amines) is 1. The van der Waals surface area contributed by atoms with Crippen LogP contribution in [0.25, 0.3) is 0 Å². The molecule has 2 aromatic rings. The number of benzene rings is 1. The van der Waals surface area contributed by atoms with Gasteiger partial charge in [0, 0.05) is 12.2 Å². The number of carbonyl (C=O) groups excluding carboxylic acids is 2. The molecule has 160 valence electrons. The average molecular weight is 419 g/mol. The van der Waals surface area contributed by atoms with Crippen molar-refractivity contribution in [2.24, 2.45) is 11.8 Å². The molecule has 1 saturated carbocycles. The summed E-state index contributed by atoms with van der Waals surface area (Å²) in [5.74, 6) is -3.63. The van der Waals surface area contributed by atoms with Crippen LogP contribution in [0.5, 0.6) is 0 Å². The molecule has 3 heterocycles. The van der Waals surface area contributed by atoms with Crippen molar-refractivity contribution in [1.82, 2.24) is 15.2 Å². The minimum atomic E-state index is -1.69. The predicted molar refractivity (Wildman–Crippen MR) is 112 cm³/mol. The molecule has 2 N–H and O–H groups in total. The highest BCUT2D eigenvalue weighted by Gasteiger charge is 2.70. The van der Waals surface area contributed by atoms with E-state index in [0.29, 0.717) is 11.3 Å². The second-order valence-corrected chi connectivity index (χ2v) is 8.70. The molecule has 0 spiro atoms. The van der Waals surface area contributed by atoms with E-state index in [0.717, 1.165) is 32.1 Å². The molecular formula is C24H25N3O4. The molecule has 2 amide bonds. The summed E-state index contributed by atoms with van der Waals surface area (Å²) in [6.07, 6.45) is 6.23. The predicted octanol–water partition coefficient (Wildman–Crippen LogP) is 2.64. The number of aliphatic carboxylic acids is 1. The van der Waals surface area contributed by atoms with E-state index in [-0.39, 0.29) is 17.9 Å². The average Bonchev–Trinajstić information content (AvgIpc) is 3.30. The maximum absolute atomic E-state index is 13.7. The summed E-state index contributed by atoms with van der Waals surface area (Å²) in [4.78, 5) is 46.0. The number of fused-ring (bicyclic) bond motifs is 1.